The number of nitrogen functional groups attached to an aromatic ring is 1. The second-order valence-electron chi connectivity index (χ2n) is 6.69. The SMILES string of the molecule is Cc1ccnc([C@H]2C[C@@H]2c2cc(-n3cncn3)c3ccc(N)cc3n2)n1. The van der Waals surface area contributed by atoms with Crippen LogP contribution in [0.1, 0.15) is 35.5 Å². The highest BCUT2D eigenvalue weighted by Gasteiger charge is 2.43. The van der Waals surface area contributed by atoms with E-state index >= 15 is 0 Å². The Bertz CT molecular complexity index is 1100. The van der Waals surface area contributed by atoms with Crippen molar-refractivity contribution in [3.8, 4) is 5.69 Å². The number of aryl methyl sites for hydroxylation is 1. The van der Waals surface area contributed by atoms with Crippen LogP contribution in [0.3, 0.4) is 0 Å². The molecule has 1 aromatic carbocycles. The number of benzene rings is 1. The van der Waals surface area contributed by atoms with E-state index in [2.05, 4.69) is 26.1 Å². The quantitative estimate of drug-likeness (QED) is 0.575. The highest BCUT2D eigenvalue weighted by molar-refractivity contribution is 5.89. The molecule has 1 fully saturated rings. The van der Waals surface area contributed by atoms with Crippen molar-refractivity contribution < 1.29 is 0 Å². The van der Waals surface area contributed by atoms with Crippen molar-refractivity contribution in [2.24, 2.45) is 0 Å². The number of anilines is 1. The molecule has 1 saturated carbocycles. The van der Waals surface area contributed by atoms with Gasteiger partial charge in [0.25, 0.3) is 0 Å². The van der Waals surface area contributed by atoms with E-state index in [1.165, 1.54) is 6.33 Å². The lowest BCUT2D eigenvalue weighted by molar-refractivity contribution is 0.855. The van der Waals surface area contributed by atoms with Crippen LogP contribution in [0.5, 0.6) is 0 Å². The third-order valence-electron chi connectivity index (χ3n) is 4.81. The molecule has 2 atom stereocenters. The van der Waals surface area contributed by atoms with Gasteiger partial charge in [-0.05, 0) is 43.7 Å². The third-order valence-corrected chi connectivity index (χ3v) is 4.81. The maximum absolute atomic E-state index is 5.97. The van der Waals surface area contributed by atoms with Crippen molar-refractivity contribution in [1.82, 2.24) is 29.7 Å². The molecular weight excluding hydrogens is 326 g/mol. The molecule has 3 heterocycles. The first-order chi connectivity index (χ1) is 12.7. The highest BCUT2D eigenvalue weighted by atomic mass is 15.3. The van der Waals surface area contributed by atoms with Gasteiger partial charge in [0.1, 0.15) is 18.5 Å². The molecular formula is C19H17N7. The predicted octanol–water partition coefficient (Wildman–Crippen LogP) is 2.77. The van der Waals surface area contributed by atoms with Crippen molar-refractivity contribution >= 4 is 16.6 Å². The second-order valence-corrected chi connectivity index (χ2v) is 6.69. The van der Waals surface area contributed by atoms with Gasteiger partial charge in [0.2, 0.25) is 0 Å². The van der Waals surface area contributed by atoms with Crippen LogP contribution >= 0.6 is 0 Å². The van der Waals surface area contributed by atoms with Gasteiger partial charge in [-0.15, -0.1) is 0 Å². The Morgan fingerprint density at radius 3 is 2.85 bits per heavy atom. The minimum Gasteiger partial charge on any atom is -0.399 e. The summed E-state index contributed by atoms with van der Waals surface area (Å²) >= 11 is 0. The fraction of sp³-hybridized carbons (Fsp3) is 0.211. The van der Waals surface area contributed by atoms with E-state index < -0.39 is 0 Å². The van der Waals surface area contributed by atoms with Crippen LogP contribution in [0, 0.1) is 6.92 Å². The summed E-state index contributed by atoms with van der Waals surface area (Å²) in [6.07, 6.45) is 6.05. The molecule has 1 aliphatic rings. The van der Waals surface area contributed by atoms with Crippen molar-refractivity contribution in [2.75, 3.05) is 5.73 Å². The van der Waals surface area contributed by atoms with Crippen LogP contribution in [0.2, 0.25) is 0 Å². The molecule has 26 heavy (non-hydrogen) atoms. The smallest absolute Gasteiger partial charge is 0.138 e. The van der Waals surface area contributed by atoms with E-state index in [1.807, 2.05) is 37.4 Å². The van der Waals surface area contributed by atoms with Crippen molar-refractivity contribution in [3.63, 3.8) is 0 Å². The molecule has 4 aromatic rings. The zero-order valence-corrected chi connectivity index (χ0v) is 14.2. The van der Waals surface area contributed by atoms with Crippen LogP contribution in [-0.2, 0) is 0 Å². The van der Waals surface area contributed by atoms with Gasteiger partial charge in [-0.1, -0.05) is 0 Å². The van der Waals surface area contributed by atoms with E-state index in [1.54, 1.807) is 11.0 Å². The molecule has 0 aliphatic heterocycles. The lowest BCUT2D eigenvalue weighted by Gasteiger charge is -2.10. The average molecular weight is 343 g/mol. The zero-order valence-electron chi connectivity index (χ0n) is 14.2. The van der Waals surface area contributed by atoms with E-state index in [4.69, 9.17) is 10.7 Å². The average Bonchev–Trinajstić information content (AvgIpc) is 3.26. The van der Waals surface area contributed by atoms with Crippen LogP contribution in [0.25, 0.3) is 16.6 Å². The zero-order chi connectivity index (χ0) is 17.7. The van der Waals surface area contributed by atoms with Gasteiger partial charge < -0.3 is 5.73 Å². The van der Waals surface area contributed by atoms with Gasteiger partial charge in [0, 0.05) is 40.5 Å². The van der Waals surface area contributed by atoms with Gasteiger partial charge >= 0.3 is 0 Å². The number of fused-ring (bicyclic) bond motifs is 1. The van der Waals surface area contributed by atoms with E-state index in [0.29, 0.717) is 17.5 Å². The number of rotatable bonds is 3. The fourth-order valence-corrected chi connectivity index (χ4v) is 3.41. The Kier molecular flexibility index (Phi) is 3.21. The summed E-state index contributed by atoms with van der Waals surface area (Å²) in [6, 6.07) is 9.77. The molecule has 3 aromatic heterocycles. The molecule has 2 N–H and O–H groups in total. The van der Waals surface area contributed by atoms with Gasteiger partial charge in [-0.25, -0.2) is 19.6 Å². The highest BCUT2D eigenvalue weighted by Crippen LogP contribution is 2.53. The molecule has 7 nitrogen and oxygen atoms in total. The molecule has 128 valence electrons. The van der Waals surface area contributed by atoms with Crippen LogP contribution in [-0.4, -0.2) is 29.7 Å². The molecule has 0 saturated heterocycles. The molecule has 0 unspecified atom stereocenters. The molecule has 0 radical (unpaired) electrons. The fourth-order valence-electron chi connectivity index (χ4n) is 3.41. The first kappa shape index (κ1) is 14.9. The molecule has 5 rings (SSSR count). The topological polar surface area (TPSA) is 95.4 Å². The van der Waals surface area contributed by atoms with Crippen LogP contribution < -0.4 is 5.73 Å². The molecule has 7 heteroatoms. The summed E-state index contributed by atoms with van der Waals surface area (Å²) in [5, 5.41) is 5.29. The van der Waals surface area contributed by atoms with Gasteiger partial charge in [-0.3, -0.25) is 4.98 Å². The van der Waals surface area contributed by atoms with Gasteiger partial charge in [0.15, 0.2) is 0 Å². The Morgan fingerprint density at radius 2 is 2.04 bits per heavy atom. The number of hydrogen-bond acceptors (Lipinski definition) is 6. The molecule has 0 bridgehead atoms. The standard InChI is InChI=1S/C19H17N7/c1-11-4-5-22-19(24-11)15-7-14(15)17-8-18(26-10-21-9-23-26)13-3-2-12(20)6-16(13)25-17/h2-6,8-10,14-15H,7,20H2,1H3/t14-,15-/m0/s1. The first-order valence-corrected chi connectivity index (χ1v) is 8.54. The minimum atomic E-state index is 0.310. The normalized spacial score (nSPS) is 19.0. The Balaban J connectivity index is 1.61. The summed E-state index contributed by atoms with van der Waals surface area (Å²) in [4.78, 5) is 18.0. The van der Waals surface area contributed by atoms with Crippen molar-refractivity contribution in [2.45, 2.75) is 25.2 Å². The van der Waals surface area contributed by atoms with Crippen LogP contribution in [0.4, 0.5) is 5.69 Å². The lowest BCUT2D eigenvalue weighted by atomic mass is 10.1. The second kappa shape index (κ2) is 5.59. The van der Waals surface area contributed by atoms with E-state index in [0.717, 1.165) is 40.2 Å². The molecule has 1 aliphatic carbocycles. The third kappa shape index (κ3) is 2.48. The Hall–Kier alpha value is -3.35. The Labute approximate surface area is 150 Å². The number of nitrogens with zero attached hydrogens (tertiary/aromatic N) is 6. The Morgan fingerprint density at radius 1 is 1.12 bits per heavy atom. The number of pyridine rings is 1. The summed E-state index contributed by atoms with van der Waals surface area (Å²) in [7, 11) is 0. The summed E-state index contributed by atoms with van der Waals surface area (Å²) in [5.41, 5.74) is 10.5. The maximum Gasteiger partial charge on any atom is 0.138 e. The number of nitrogens with two attached hydrogens (primary N) is 1. The number of hydrogen-bond donors (Lipinski definition) is 1. The molecule has 0 amide bonds. The van der Waals surface area contributed by atoms with Crippen molar-refractivity contribution in [1.29, 1.82) is 0 Å². The largest absolute Gasteiger partial charge is 0.399 e. The first-order valence-electron chi connectivity index (χ1n) is 8.54. The minimum absolute atomic E-state index is 0.310. The van der Waals surface area contributed by atoms with Gasteiger partial charge in [0.05, 0.1) is 11.2 Å². The summed E-state index contributed by atoms with van der Waals surface area (Å²) < 4.78 is 1.77. The summed E-state index contributed by atoms with van der Waals surface area (Å²) in [5.74, 6) is 1.51. The van der Waals surface area contributed by atoms with Gasteiger partial charge in [-0.2, -0.15) is 5.10 Å². The van der Waals surface area contributed by atoms with E-state index in [9.17, 15) is 0 Å². The summed E-state index contributed by atoms with van der Waals surface area (Å²) in [6.45, 7) is 1.99. The number of aromatic nitrogens is 6. The lowest BCUT2D eigenvalue weighted by Crippen LogP contribution is -2.01. The maximum atomic E-state index is 5.97. The van der Waals surface area contributed by atoms with E-state index in [-0.39, 0.29) is 0 Å². The van der Waals surface area contributed by atoms with Crippen molar-refractivity contribution in [3.05, 3.63) is 66.4 Å². The molecule has 0 spiro atoms. The monoisotopic (exact) mass is 343 g/mol. The van der Waals surface area contributed by atoms with Crippen LogP contribution in [0.15, 0.2) is 49.2 Å². The predicted molar refractivity (Wildman–Crippen MR) is 97.9 cm³/mol.